The number of hydrogen-bond acceptors (Lipinski definition) is 2. The van der Waals surface area contributed by atoms with Gasteiger partial charge in [0.15, 0.2) is 0 Å². The summed E-state index contributed by atoms with van der Waals surface area (Å²) < 4.78 is 0. The van der Waals surface area contributed by atoms with Crippen molar-refractivity contribution in [1.29, 1.82) is 5.26 Å². The molecule has 0 heterocycles. The van der Waals surface area contributed by atoms with E-state index in [0.29, 0.717) is 10.6 Å². The summed E-state index contributed by atoms with van der Waals surface area (Å²) in [4.78, 5) is 10.6. The normalized spacial score (nSPS) is 17.1. The molecule has 1 aromatic carbocycles. The highest BCUT2D eigenvalue weighted by Crippen LogP contribution is 2.48. The van der Waals surface area contributed by atoms with Crippen LogP contribution in [0.25, 0.3) is 0 Å². The number of hydrogen-bond donors (Lipinski definition) is 0. The lowest BCUT2D eigenvalue weighted by Crippen LogP contribution is -2.03. The van der Waals surface area contributed by atoms with Gasteiger partial charge < -0.3 is 0 Å². The number of nitrogens with zero attached hydrogens (tertiary/aromatic N) is 1. The van der Waals surface area contributed by atoms with E-state index in [1.54, 1.807) is 18.2 Å². The van der Waals surface area contributed by atoms with Crippen molar-refractivity contribution in [2.45, 2.75) is 18.3 Å². The van der Waals surface area contributed by atoms with E-state index < -0.39 is 0 Å². The van der Waals surface area contributed by atoms with E-state index in [4.69, 9.17) is 16.9 Å². The number of carbonyl (C=O) groups excluding carboxylic acids is 1. The van der Waals surface area contributed by atoms with Gasteiger partial charge in [0.1, 0.15) is 6.29 Å². The maximum atomic E-state index is 10.6. The Balaban J connectivity index is 2.50. The van der Waals surface area contributed by atoms with Gasteiger partial charge in [0.05, 0.1) is 11.5 Å². The average Bonchev–Trinajstić information content (AvgIpc) is 2.97. The Labute approximate surface area is 87.1 Å². The van der Waals surface area contributed by atoms with Gasteiger partial charge in [-0.25, -0.2) is 0 Å². The van der Waals surface area contributed by atoms with Gasteiger partial charge >= 0.3 is 0 Å². The van der Waals surface area contributed by atoms with Crippen LogP contribution in [0.3, 0.4) is 0 Å². The van der Waals surface area contributed by atoms with Crippen molar-refractivity contribution in [3.05, 3.63) is 34.3 Å². The molecule has 0 radical (unpaired) electrons. The molecule has 1 aliphatic rings. The minimum Gasteiger partial charge on any atom is -0.298 e. The molecule has 1 fully saturated rings. The Hall–Kier alpha value is -1.33. The zero-order chi connectivity index (χ0) is 10.2. The predicted molar refractivity (Wildman–Crippen MR) is 53.4 cm³/mol. The summed E-state index contributed by atoms with van der Waals surface area (Å²) in [6.07, 6.45) is 2.48. The van der Waals surface area contributed by atoms with E-state index in [9.17, 15) is 4.79 Å². The van der Waals surface area contributed by atoms with Crippen molar-refractivity contribution in [2.75, 3.05) is 0 Å². The molecular weight excluding hydrogens is 198 g/mol. The topological polar surface area (TPSA) is 40.9 Å². The first-order valence-corrected chi connectivity index (χ1v) is 4.75. The molecule has 0 aliphatic heterocycles. The highest BCUT2D eigenvalue weighted by molar-refractivity contribution is 6.30. The second-order valence-corrected chi connectivity index (χ2v) is 4.02. The SMILES string of the molecule is N#CC1(c2cc(Cl)cc(C=O)c2)CC1. The maximum absolute atomic E-state index is 10.6. The Morgan fingerprint density at radius 1 is 1.43 bits per heavy atom. The molecule has 70 valence electrons. The molecule has 0 aromatic heterocycles. The molecule has 2 rings (SSSR count). The van der Waals surface area contributed by atoms with Crippen LogP contribution in [0.1, 0.15) is 28.8 Å². The lowest BCUT2D eigenvalue weighted by atomic mass is 9.96. The molecule has 0 spiro atoms. The van der Waals surface area contributed by atoms with Crippen LogP contribution < -0.4 is 0 Å². The molecule has 3 heteroatoms. The van der Waals surface area contributed by atoms with Crippen LogP contribution in [-0.2, 0) is 5.41 Å². The van der Waals surface area contributed by atoms with Gasteiger partial charge in [-0.3, -0.25) is 4.79 Å². The minimum absolute atomic E-state index is 0.372. The van der Waals surface area contributed by atoms with E-state index in [0.717, 1.165) is 24.7 Å². The molecule has 0 N–H and O–H groups in total. The van der Waals surface area contributed by atoms with Crippen molar-refractivity contribution in [2.24, 2.45) is 0 Å². The first-order chi connectivity index (χ1) is 6.70. The van der Waals surface area contributed by atoms with E-state index in [1.807, 2.05) is 0 Å². The van der Waals surface area contributed by atoms with Crippen LogP contribution in [0.15, 0.2) is 18.2 Å². The third-order valence-electron chi connectivity index (χ3n) is 2.57. The molecule has 14 heavy (non-hydrogen) atoms. The van der Waals surface area contributed by atoms with Gasteiger partial charge in [-0.05, 0) is 36.6 Å². The third kappa shape index (κ3) is 1.40. The highest BCUT2D eigenvalue weighted by Gasteiger charge is 2.45. The molecule has 0 saturated heterocycles. The molecular formula is C11H8ClNO. The molecule has 0 unspecified atom stereocenters. The Morgan fingerprint density at radius 2 is 2.14 bits per heavy atom. The fourth-order valence-corrected chi connectivity index (χ4v) is 1.79. The van der Waals surface area contributed by atoms with Gasteiger partial charge in [0.2, 0.25) is 0 Å². The number of halogens is 1. The Kier molecular flexibility index (Phi) is 2.05. The van der Waals surface area contributed by atoms with Crippen LogP contribution in [-0.4, -0.2) is 6.29 Å². The fourth-order valence-electron chi connectivity index (χ4n) is 1.55. The van der Waals surface area contributed by atoms with Gasteiger partial charge in [0.25, 0.3) is 0 Å². The molecule has 1 aliphatic carbocycles. The van der Waals surface area contributed by atoms with Gasteiger partial charge in [-0.2, -0.15) is 5.26 Å². The smallest absolute Gasteiger partial charge is 0.150 e. The zero-order valence-corrected chi connectivity index (χ0v) is 8.21. The van der Waals surface area contributed by atoms with E-state index in [2.05, 4.69) is 6.07 Å². The van der Waals surface area contributed by atoms with Crippen molar-refractivity contribution in [3.8, 4) is 6.07 Å². The van der Waals surface area contributed by atoms with E-state index in [-0.39, 0.29) is 5.41 Å². The summed E-state index contributed by atoms with van der Waals surface area (Å²) in [7, 11) is 0. The molecule has 2 nitrogen and oxygen atoms in total. The van der Waals surface area contributed by atoms with Crippen LogP contribution >= 0.6 is 11.6 Å². The number of carbonyl (C=O) groups is 1. The number of aldehydes is 1. The van der Waals surface area contributed by atoms with Crippen molar-refractivity contribution in [1.82, 2.24) is 0 Å². The summed E-state index contributed by atoms with van der Waals surface area (Å²) in [6.45, 7) is 0. The summed E-state index contributed by atoms with van der Waals surface area (Å²) >= 11 is 5.85. The number of benzene rings is 1. The largest absolute Gasteiger partial charge is 0.298 e. The van der Waals surface area contributed by atoms with Crippen molar-refractivity contribution in [3.63, 3.8) is 0 Å². The average molecular weight is 206 g/mol. The van der Waals surface area contributed by atoms with Crippen LogP contribution in [0.2, 0.25) is 5.02 Å². The minimum atomic E-state index is -0.372. The number of rotatable bonds is 2. The molecule has 0 amide bonds. The van der Waals surface area contributed by atoms with Crippen LogP contribution in [0.4, 0.5) is 0 Å². The first-order valence-electron chi connectivity index (χ1n) is 4.38. The molecule has 1 aromatic rings. The summed E-state index contributed by atoms with van der Waals surface area (Å²) in [5.41, 5.74) is 1.03. The van der Waals surface area contributed by atoms with Gasteiger partial charge in [-0.15, -0.1) is 0 Å². The number of nitriles is 1. The lowest BCUT2D eigenvalue weighted by molar-refractivity contribution is 0.112. The zero-order valence-electron chi connectivity index (χ0n) is 7.46. The third-order valence-corrected chi connectivity index (χ3v) is 2.79. The van der Waals surface area contributed by atoms with Crippen LogP contribution in [0, 0.1) is 11.3 Å². The predicted octanol–water partition coefficient (Wildman–Crippen LogP) is 2.71. The molecule has 0 bridgehead atoms. The standard InChI is InChI=1S/C11H8ClNO/c12-10-4-8(6-14)3-9(5-10)11(7-13)1-2-11/h3-6H,1-2H2. The molecule has 1 saturated carbocycles. The summed E-state index contributed by atoms with van der Waals surface area (Å²) in [5.74, 6) is 0. The maximum Gasteiger partial charge on any atom is 0.150 e. The fraction of sp³-hybridized carbons (Fsp3) is 0.273. The lowest BCUT2D eigenvalue weighted by Gasteiger charge is -2.07. The second kappa shape index (κ2) is 3.11. The quantitative estimate of drug-likeness (QED) is 0.697. The first kappa shape index (κ1) is 9.23. The van der Waals surface area contributed by atoms with Gasteiger partial charge in [0, 0.05) is 10.6 Å². The summed E-state index contributed by atoms with van der Waals surface area (Å²) in [6, 6.07) is 7.39. The monoisotopic (exact) mass is 205 g/mol. The highest BCUT2D eigenvalue weighted by atomic mass is 35.5. The van der Waals surface area contributed by atoms with E-state index in [1.165, 1.54) is 0 Å². The van der Waals surface area contributed by atoms with E-state index >= 15 is 0 Å². The second-order valence-electron chi connectivity index (χ2n) is 3.59. The van der Waals surface area contributed by atoms with Gasteiger partial charge in [-0.1, -0.05) is 11.6 Å². The van der Waals surface area contributed by atoms with Crippen molar-refractivity contribution >= 4 is 17.9 Å². The molecule has 0 atom stereocenters. The Morgan fingerprint density at radius 3 is 2.64 bits per heavy atom. The summed E-state index contributed by atoms with van der Waals surface area (Å²) in [5, 5.41) is 9.50. The Bertz CT molecular complexity index is 429. The van der Waals surface area contributed by atoms with Crippen molar-refractivity contribution < 1.29 is 4.79 Å². The van der Waals surface area contributed by atoms with Crippen LogP contribution in [0.5, 0.6) is 0 Å².